The molecule has 3 fully saturated rings. The van der Waals surface area contributed by atoms with Gasteiger partial charge in [0.05, 0.1) is 5.92 Å². The largest absolute Gasteiger partial charge is 0.481 e. The summed E-state index contributed by atoms with van der Waals surface area (Å²) in [6, 6.07) is 7.29. The highest BCUT2D eigenvalue weighted by Gasteiger charge is 2.46. The highest BCUT2D eigenvalue weighted by Crippen LogP contribution is 2.44. The van der Waals surface area contributed by atoms with Gasteiger partial charge in [-0.05, 0) is 55.2 Å². The van der Waals surface area contributed by atoms with E-state index in [1.54, 1.807) is 17.0 Å². The molecule has 6 heteroatoms. The molecule has 1 saturated heterocycles. The van der Waals surface area contributed by atoms with E-state index in [1.807, 2.05) is 12.1 Å². The Labute approximate surface area is 165 Å². The molecule has 1 aliphatic heterocycles. The fourth-order valence-corrected chi connectivity index (χ4v) is 4.73. The van der Waals surface area contributed by atoms with Crippen LogP contribution in [-0.2, 0) is 16.1 Å². The molecule has 6 nitrogen and oxygen atoms in total. The van der Waals surface area contributed by atoms with Crippen molar-refractivity contribution in [2.45, 2.75) is 45.1 Å². The number of amides is 2. The van der Waals surface area contributed by atoms with E-state index in [0.717, 1.165) is 44.1 Å². The van der Waals surface area contributed by atoms with E-state index in [1.165, 1.54) is 0 Å². The van der Waals surface area contributed by atoms with Gasteiger partial charge in [0.25, 0.3) is 5.91 Å². The van der Waals surface area contributed by atoms with E-state index < -0.39 is 11.9 Å². The molecule has 1 heterocycles. The van der Waals surface area contributed by atoms with Gasteiger partial charge in [-0.3, -0.25) is 14.4 Å². The minimum absolute atomic E-state index is 0.0894. The van der Waals surface area contributed by atoms with Crippen LogP contribution in [0.3, 0.4) is 0 Å². The molecular weight excluding hydrogens is 356 g/mol. The van der Waals surface area contributed by atoms with E-state index in [9.17, 15) is 19.5 Å². The summed E-state index contributed by atoms with van der Waals surface area (Å²) in [5.41, 5.74) is 1.54. The summed E-state index contributed by atoms with van der Waals surface area (Å²) in [6.45, 7) is 1.31. The van der Waals surface area contributed by atoms with Crippen LogP contribution in [0.15, 0.2) is 24.3 Å². The average molecular weight is 384 g/mol. The van der Waals surface area contributed by atoms with Crippen molar-refractivity contribution < 1.29 is 19.5 Å². The molecule has 3 aliphatic rings. The molecule has 1 aromatic rings. The summed E-state index contributed by atoms with van der Waals surface area (Å²) in [5, 5.41) is 12.5. The highest BCUT2D eigenvalue weighted by atomic mass is 16.4. The van der Waals surface area contributed by atoms with Crippen molar-refractivity contribution in [3.05, 3.63) is 35.4 Å². The topological polar surface area (TPSA) is 86.7 Å². The van der Waals surface area contributed by atoms with Crippen LogP contribution >= 0.6 is 0 Å². The zero-order valence-electron chi connectivity index (χ0n) is 16.1. The molecule has 28 heavy (non-hydrogen) atoms. The second-order valence-corrected chi connectivity index (χ2v) is 8.55. The van der Waals surface area contributed by atoms with Crippen molar-refractivity contribution in [1.82, 2.24) is 10.2 Å². The number of likely N-dealkylation sites (tertiary alicyclic amines) is 1. The highest BCUT2D eigenvalue weighted by molar-refractivity contribution is 5.95. The average Bonchev–Trinajstić information content (AvgIpc) is 3.21. The van der Waals surface area contributed by atoms with Gasteiger partial charge < -0.3 is 15.3 Å². The van der Waals surface area contributed by atoms with E-state index in [-0.39, 0.29) is 23.7 Å². The van der Waals surface area contributed by atoms with Gasteiger partial charge in [-0.25, -0.2) is 0 Å². The second-order valence-electron chi connectivity index (χ2n) is 8.55. The molecule has 4 rings (SSSR count). The van der Waals surface area contributed by atoms with Crippen molar-refractivity contribution in [2.75, 3.05) is 13.1 Å². The minimum Gasteiger partial charge on any atom is -0.481 e. The van der Waals surface area contributed by atoms with Crippen molar-refractivity contribution in [3.8, 4) is 0 Å². The summed E-state index contributed by atoms with van der Waals surface area (Å²) in [5.74, 6) is -0.507. The third-order valence-corrected chi connectivity index (χ3v) is 6.59. The van der Waals surface area contributed by atoms with Crippen LogP contribution in [0, 0.1) is 23.7 Å². The predicted molar refractivity (Wildman–Crippen MR) is 103 cm³/mol. The number of carbonyl (C=O) groups excluding carboxylic acids is 2. The van der Waals surface area contributed by atoms with Crippen LogP contribution in [-0.4, -0.2) is 40.9 Å². The van der Waals surface area contributed by atoms with E-state index in [0.29, 0.717) is 31.1 Å². The Morgan fingerprint density at radius 2 is 1.68 bits per heavy atom. The molecule has 0 radical (unpaired) electrons. The minimum atomic E-state index is -0.791. The Hall–Kier alpha value is -2.37. The van der Waals surface area contributed by atoms with E-state index in [4.69, 9.17) is 0 Å². The van der Waals surface area contributed by atoms with Gasteiger partial charge in [0.2, 0.25) is 5.91 Å². The zero-order chi connectivity index (χ0) is 19.7. The first-order valence-electron chi connectivity index (χ1n) is 10.4. The molecule has 2 atom stereocenters. The maximum Gasteiger partial charge on any atom is 0.308 e. The number of carboxylic acid groups (broad SMARTS) is 1. The lowest BCUT2D eigenvalue weighted by Gasteiger charge is -2.17. The second kappa shape index (κ2) is 7.94. The Bertz CT molecular complexity index is 750. The lowest BCUT2D eigenvalue weighted by atomic mass is 9.92. The predicted octanol–water partition coefficient (Wildman–Crippen LogP) is 2.68. The van der Waals surface area contributed by atoms with E-state index >= 15 is 0 Å². The molecule has 0 unspecified atom stereocenters. The van der Waals surface area contributed by atoms with Crippen LogP contribution in [0.25, 0.3) is 0 Å². The van der Waals surface area contributed by atoms with Crippen molar-refractivity contribution in [3.63, 3.8) is 0 Å². The third-order valence-electron chi connectivity index (χ3n) is 6.59. The van der Waals surface area contributed by atoms with Crippen LogP contribution in [0.4, 0.5) is 0 Å². The summed E-state index contributed by atoms with van der Waals surface area (Å²) < 4.78 is 0. The molecule has 2 saturated carbocycles. The van der Waals surface area contributed by atoms with E-state index in [2.05, 4.69) is 5.32 Å². The molecule has 0 bridgehead atoms. The van der Waals surface area contributed by atoms with Gasteiger partial charge in [0.15, 0.2) is 0 Å². The molecule has 150 valence electrons. The molecule has 2 amide bonds. The van der Waals surface area contributed by atoms with Gasteiger partial charge in [0, 0.05) is 31.1 Å². The monoisotopic (exact) mass is 384 g/mol. The lowest BCUT2D eigenvalue weighted by Crippen LogP contribution is -2.30. The fraction of sp³-hybridized carbons (Fsp3) is 0.591. The number of carbonyl (C=O) groups is 3. The number of aliphatic carboxylic acids is 1. The molecule has 1 aromatic carbocycles. The Balaban J connectivity index is 1.33. The van der Waals surface area contributed by atoms with Gasteiger partial charge in [-0.15, -0.1) is 0 Å². The van der Waals surface area contributed by atoms with Crippen LogP contribution in [0.2, 0.25) is 0 Å². The summed E-state index contributed by atoms with van der Waals surface area (Å²) in [7, 11) is 0. The summed E-state index contributed by atoms with van der Waals surface area (Å²) in [4.78, 5) is 38.2. The number of hydrogen-bond acceptors (Lipinski definition) is 3. The van der Waals surface area contributed by atoms with Gasteiger partial charge in [0.1, 0.15) is 0 Å². The zero-order valence-corrected chi connectivity index (χ0v) is 16.1. The van der Waals surface area contributed by atoms with Gasteiger partial charge >= 0.3 is 5.97 Å². The fourth-order valence-electron chi connectivity index (χ4n) is 4.73. The van der Waals surface area contributed by atoms with Gasteiger partial charge in [-0.1, -0.05) is 25.0 Å². The standard InChI is InChI=1S/C22H28N2O4/c25-20(16-3-1-2-4-16)23-11-14-5-7-17(8-6-14)21(26)24-12-18(15-9-10-15)19(13-24)22(27)28/h5-8,15-16,18-19H,1-4,9-13H2,(H,23,25)(H,27,28)/t18-,19+/m1/s1. The Kier molecular flexibility index (Phi) is 5.38. The van der Waals surface area contributed by atoms with Gasteiger partial charge in [-0.2, -0.15) is 0 Å². The van der Waals surface area contributed by atoms with Crippen molar-refractivity contribution in [1.29, 1.82) is 0 Å². The third kappa shape index (κ3) is 4.05. The number of benzene rings is 1. The molecule has 2 N–H and O–H groups in total. The SMILES string of the molecule is O=C(NCc1ccc(C(=O)N2C[C@H](C(=O)O)[C@@H](C3CC3)C2)cc1)C1CCCC1. The first-order valence-corrected chi connectivity index (χ1v) is 10.4. The number of hydrogen-bond donors (Lipinski definition) is 2. The quantitative estimate of drug-likeness (QED) is 0.789. The molecule has 2 aliphatic carbocycles. The number of nitrogens with one attached hydrogen (secondary N) is 1. The maximum absolute atomic E-state index is 12.8. The van der Waals surface area contributed by atoms with Crippen LogP contribution < -0.4 is 5.32 Å². The van der Waals surface area contributed by atoms with Crippen LogP contribution in [0.5, 0.6) is 0 Å². The Morgan fingerprint density at radius 1 is 1.00 bits per heavy atom. The summed E-state index contributed by atoms with van der Waals surface area (Å²) >= 11 is 0. The first kappa shape index (κ1) is 19.0. The number of nitrogens with zero attached hydrogens (tertiary/aromatic N) is 1. The molecule has 0 aromatic heterocycles. The number of rotatable bonds is 6. The van der Waals surface area contributed by atoms with Crippen molar-refractivity contribution in [2.24, 2.45) is 23.7 Å². The lowest BCUT2D eigenvalue weighted by molar-refractivity contribution is -0.142. The summed E-state index contributed by atoms with van der Waals surface area (Å²) in [6.07, 6.45) is 6.39. The van der Waals surface area contributed by atoms with Crippen molar-refractivity contribution >= 4 is 17.8 Å². The smallest absolute Gasteiger partial charge is 0.308 e. The first-order chi connectivity index (χ1) is 13.5. The van der Waals surface area contributed by atoms with Crippen LogP contribution in [0.1, 0.15) is 54.4 Å². The normalized spacial score (nSPS) is 25.1. The Morgan fingerprint density at radius 3 is 2.29 bits per heavy atom. The maximum atomic E-state index is 12.8. The number of carboxylic acids is 1. The molecule has 0 spiro atoms. The molecular formula is C22H28N2O4.